The third kappa shape index (κ3) is 3.14. The molecular weight excluding hydrogens is 406 g/mol. The molecule has 0 atom stereocenters. The molecule has 5 rings (SSSR count). The van der Waals surface area contributed by atoms with Crippen LogP contribution in [0.25, 0.3) is 16.0 Å². The van der Waals surface area contributed by atoms with Crippen LogP contribution in [0, 0.1) is 0 Å². The van der Waals surface area contributed by atoms with Gasteiger partial charge in [-0.25, -0.2) is 4.40 Å². The van der Waals surface area contributed by atoms with Crippen LogP contribution in [0.15, 0.2) is 40.3 Å². The fourth-order valence-corrected chi connectivity index (χ4v) is 5.96. The van der Waals surface area contributed by atoms with Gasteiger partial charge in [0.15, 0.2) is 5.16 Å². The van der Waals surface area contributed by atoms with Crippen molar-refractivity contribution >= 4 is 50.7 Å². The molecule has 3 aromatic heterocycles. The number of aromatic nitrogens is 4. The van der Waals surface area contributed by atoms with Gasteiger partial charge in [0.25, 0.3) is 5.56 Å². The first-order chi connectivity index (χ1) is 14.1. The van der Waals surface area contributed by atoms with E-state index in [1.807, 2.05) is 34.7 Å². The van der Waals surface area contributed by atoms with E-state index in [9.17, 15) is 9.59 Å². The number of carbonyl (C=O) groups excluding carboxylic acids is 1. The van der Waals surface area contributed by atoms with Crippen LogP contribution in [0.1, 0.15) is 23.3 Å². The Hall–Kier alpha value is -2.65. The van der Waals surface area contributed by atoms with Crippen LogP contribution in [0.4, 0.5) is 5.69 Å². The number of benzene rings is 1. The molecule has 0 saturated heterocycles. The van der Waals surface area contributed by atoms with Crippen LogP contribution in [0.5, 0.6) is 0 Å². The quantitative estimate of drug-likeness (QED) is 0.508. The molecule has 1 aliphatic carbocycles. The molecule has 0 fully saturated rings. The maximum absolute atomic E-state index is 13.0. The summed E-state index contributed by atoms with van der Waals surface area (Å²) in [5.74, 6) is 0.613. The van der Waals surface area contributed by atoms with E-state index in [2.05, 4.69) is 15.5 Å². The van der Waals surface area contributed by atoms with Crippen molar-refractivity contribution < 1.29 is 4.79 Å². The van der Waals surface area contributed by atoms with Crippen molar-refractivity contribution in [2.45, 2.75) is 30.8 Å². The fraction of sp³-hybridized carbons (Fsp3) is 0.300. The number of rotatable bonds is 4. The summed E-state index contributed by atoms with van der Waals surface area (Å²) in [6, 6.07) is 9.37. The molecule has 9 heteroatoms. The van der Waals surface area contributed by atoms with E-state index in [0.717, 1.165) is 41.6 Å². The van der Waals surface area contributed by atoms with Gasteiger partial charge in [0.05, 0.1) is 11.1 Å². The Kier molecular flexibility index (Phi) is 4.63. The molecule has 29 heavy (non-hydrogen) atoms. The SMILES string of the molecule is Cn1c(=O)c2c3c(sc2n2c(SCC(=O)Nc4ccccc4)nnc12)CCCC3. The molecular formula is C20H19N5O2S2. The van der Waals surface area contributed by atoms with E-state index < -0.39 is 0 Å². The Morgan fingerprint density at radius 3 is 2.83 bits per heavy atom. The van der Waals surface area contributed by atoms with Crippen LogP contribution < -0.4 is 10.9 Å². The maximum atomic E-state index is 13.0. The number of hydrogen-bond donors (Lipinski definition) is 1. The second-order valence-corrected chi connectivity index (χ2v) is 9.10. The highest BCUT2D eigenvalue weighted by molar-refractivity contribution is 7.99. The van der Waals surface area contributed by atoms with Gasteiger partial charge >= 0.3 is 0 Å². The summed E-state index contributed by atoms with van der Waals surface area (Å²) in [4.78, 5) is 27.5. The average molecular weight is 426 g/mol. The Morgan fingerprint density at radius 2 is 2.00 bits per heavy atom. The molecule has 1 aromatic carbocycles. The number of para-hydroxylation sites is 1. The predicted molar refractivity (Wildman–Crippen MR) is 116 cm³/mol. The van der Waals surface area contributed by atoms with Crippen LogP contribution in [-0.2, 0) is 24.7 Å². The summed E-state index contributed by atoms with van der Waals surface area (Å²) in [5, 5.41) is 12.8. The van der Waals surface area contributed by atoms with Crippen molar-refractivity contribution in [3.8, 4) is 0 Å². The van der Waals surface area contributed by atoms with Crippen molar-refractivity contribution in [1.82, 2.24) is 19.2 Å². The highest BCUT2D eigenvalue weighted by Gasteiger charge is 2.24. The van der Waals surface area contributed by atoms with E-state index in [4.69, 9.17) is 0 Å². The monoisotopic (exact) mass is 425 g/mol. The Balaban J connectivity index is 1.52. The van der Waals surface area contributed by atoms with Crippen LogP contribution in [0.2, 0.25) is 0 Å². The zero-order chi connectivity index (χ0) is 20.0. The average Bonchev–Trinajstić information content (AvgIpc) is 3.33. The zero-order valence-electron chi connectivity index (χ0n) is 15.8. The first-order valence-corrected chi connectivity index (χ1v) is 11.3. The van der Waals surface area contributed by atoms with E-state index in [1.165, 1.54) is 22.2 Å². The number of fused-ring (bicyclic) bond motifs is 5. The fourth-order valence-electron chi connectivity index (χ4n) is 3.79. The van der Waals surface area contributed by atoms with E-state index in [1.54, 1.807) is 23.0 Å². The minimum Gasteiger partial charge on any atom is -0.325 e. The number of amides is 1. The van der Waals surface area contributed by atoms with Crippen LogP contribution >= 0.6 is 23.1 Å². The molecule has 148 valence electrons. The van der Waals surface area contributed by atoms with Crippen molar-refractivity contribution in [3.05, 3.63) is 51.1 Å². The molecule has 4 aromatic rings. The van der Waals surface area contributed by atoms with Gasteiger partial charge in [-0.1, -0.05) is 30.0 Å². The molecule has 0 bridgehead atoms. The number of nitrogens with zero attached hydrogens (tertiary/aromatic N) is 4. The molecule has 0 saturated carbocycles. The number of thioether (sulfide) groups is 1. The normalized spacial score (nSPS) is 13.7. The van der Waals surface area contributed by atoms with Gasteiger partial charge in [0.1, 0.15) is 4.83 Å². The van der Waals surface area contributed by atoms with Crippen molar-refractivity contribution in [2.75, 3.05) is 11.1 Å². The van der Waals surface area contributed by atoms with E-state index in [-0.39, 0.29) is 17.2 Å². The molecule has 7 nitrogen and oxygen atoms in total. The van der Waals surface area contributed by atoms with Crippen molar-refractivity contribution in [2.24, 2.45) is 7.05 Å². The van der Waals surface area contributed by atoms with Gasteiger partial charge in [0.2, 0.25) is 11.7 Å². The highest BCUT2D eigenvalue weighted by atomic mass is 32.2. The second-order valence-electron chi connectivity index (χ2n) is 7.08. The minimum atomic E-state index is -0.107. The van der Waals surface area contributed by atoms with Crippen LogP contribution in [-0.4, -0.2) is 30.8 Å². The van der Waals surface area contributed by atoms with Gasteiger partial charge in [-0.2, -0.15) is 0 Å². The topological polar surface area (TPSA) is 81.3 Å². The lowest BCUT2D eigenvalue weighted by molar-refractivity contribution is -0.113. The summed E-state index contributed by atoms with van der Waals surface area (Å²) < 4.78 is 3.49. The molecule has 1 N–H and O–H groups in total. The molecule has 1 aliphatic rings. The Labute approximate surface area is 174 Å². The summed E-state index contributed by atoms with van der Waals surface area (Å²) in [6.45, 7) is 0. The zero-order valence-corrected chi connectivity index (χ0v) is 17.5. The molecule has 3 heterocycles. The lowest BCUT2D eigenvalue weighted by atomic mass is 9.97. The summed E-state index contributed by atoms with van der Waals surface area (Å²) in [6.07, 6.45) is 4.24. The molecule has 1 amide bonds. The number of thiophene rings is 1. The number of aryl methyl sites for hydroxylation is 3. The van der Waals surface area contributed by atoms with Crippen molar-refractivity contribution in [1.29, 1.82) is 0 Å². The summed E-state index contributed by atoms with van der Waals surface area (Å²) >= 11 is 2.99. The van der Waals surface area contributed by atoms with Gasteiger partial charge in [0, 0.05) is 17.6 Å². The van der Waals surface area contributed by atoms with E-state index >= 15 is 0 Å². The summed E-state index contributed by atoms with van der Waals surface area (Å²) in [7, 11) is 1.73. The van der Waals surface area contributed by atoms with Crippen molar-refractivity contribution in [3.63, 3.8) is 0 Å². The standard InChI is InChI=1S/C20H19N5O2S2/c1-24-17(27)16-13-9-5-6-10-14(13)29-18(16)25-19(24)22-23-20(25)28-11-15(26)21-12-7-3-2-4-8-12/h2-4,7-8H,5-6,9-11H2,1H3,(H,21,26). The molecule has 0 spiro atoms. The molecule has 0 radical (unpaired) electrons. The number of anilines is 1. The number of nitrogens with one attached hydrogen (secondary N) is 1. The largest absolute Gasteiger partial charge is 0.325 e. The number of hydrogen-bond acceptors (Lipinski definition) is 6. The predicted octanol–water partition coefficient (Wildman–Crippen LogP) is 3.25. The van der Waals surface area contributed by atoms with Gasteiger partial charge in [-0.05, 0) is 43.4 Å². The maximum Gasteiger partial charge on any atom is 0.263 e. The van der Waals surface area contributed by atoms with Gasteiger partial charge in [-0.15, -0.1) is 21.5 Å². The Morgan fingerprint density at radius 1 is 1.21 bits per heavy atom. The molecule has 0 aliphatic heterocycles. The van der Waals surface area contributed by atoms with Gasteiger partial charge < -0.3 is 5.32 Å². The Bertz CT molecular complexity index is 1290. The highest BCUT2D eigenvalue weighted by Crippen LogP contribution is 2.36. The third-order valence-electron chi connectivity index (χ3n) is 5.18. The van der Waals surface area contributed by atoms with E-state index in [0.29, 0.717) is 10.9 Å². The second kappa shape index (κ2) is 7.31. The first-order valence-electron chi connectivity index (χ1n) is 9.49. The lowest BCUT2D eigenvalue weighted by Crippen LogP contribution is -2.20. The van der Waals surface area contributed by atoms with Gasteiger partial charge in [-0.3, -0.25) is 14.2 Å². The third-order valence-corrected chi connectivity index (χ3v) is 7.39. The van der Waals surface area contributed by atoms with Crippen LogP contribution in [0.3, 0.4) is 0 Å². The summed E-state index contributed by atoms with van der Waals surface area (Å²) in [5.41, 5.74) is 1.93. The lowest BCUT2D eigenvalue weighted by Gasteiger charge is -2.10. The first kappa shape index (κ1) is 18.4. The smallest absolute Gasteiger partial charge is 0.263 e. The minimum absolute atomic E-state index is 0.0160. The number of carbonyl (C=O) groups is 1. The molecule has 0 unspecified atom stereocenters.